The van der Waals surface area contributed by atoms with Crippen molar-refractivity contribution in [2.75, 3.05) is 13.7 Å². The minimum atomic E-state index is -4.20. The van der Waals surface area contributed by atoms with E-state index >= 15 is 0 Å². The maximum atomic E-state index is 14.8. The molecule has 3 aromatic rings. The summed E-state index contributed by atoms with van der Waals surface area (Å²) in [6.45, 7) is 3.21. The van der Waals surface area contributed by atoms with Gasteiger partial charge in [-0.3, -0.25) is 24.0 Å². The van der Waals surface area contributed by atoms with Gasteiger partial charge in [0.05, 0.1) is 13.5 Å². The molecule has 0 aromatic heterocycles. The Bertz CT molecular complexity index is 1610. The van der Waals surface area contributed by atoms with Crippen molar-refractivity contribution in [2.24, 2.45) is 0 Å². The van der Waals surface area contributed by atoms with Gasteiger partial charge in [-0.25, -0.2) is 4.57 Å². The van der Waals surface area contributed by atoms with E-state index in [-0.39, 0.29) is 37.3 Å². The predicted molar refractivity (Wildman–Crippen MR) is 185 cm³/mol. The zero-order valence-corrected chi connectivity index (χ0v) is 29.2. The number of methoxy groups -OCH3 is 1. The van der Waals surface area contributed by atoms with Gasteiger partial charge < -0.3 is 34.6 Å². The number of esters is 1. The Kier molecular flexibility index (Phi) is 13.6. The highest BCUT2D eigenvalue weighted by Crippen LogP contribution is 2.53. The molecule has 1 aliphatic heterocycles. The molecule has 4 rings (SSSR count). The van der Waals surface area contributed by atoms with Crippen molar-refractivity contribution in [3.8, 4) is 11.5 Å². The molecule has 3 N–H and O–H groups in total. The number of hydrogen-bond donors (Lipinski definition) is 3. The van der Waals surface area contributed by atoms with Crippen LogP contribution in [-0.2, 0) is 39.7 Å². The summed E-state index contributed by atoms with van der Waals surface area (Å²) in [5, 5.41) is 7.99. The van der Waals surface area contributed by atoms with Crippen molar-refractivity contribution in [2.45, 2.75) is 69.9 Å². The first-order valence-electron chi connectivity index (χ1n) is 16.4. The number of benzene rings is 3. The third-order valence-electron chi connectivity index (χ3n) is 8.04. The number of ether oxygens (including phenoxy) is 1. The van der Waals surface area contributed by atoms with Gasteiger partial charge in [0.15, 0.2) is 5.78 Å². The number of carbonyl (C=O) groups is 5. The van der Waals surface area contributed by atoms with E-state index in [4.69, 9.17) is 9.05 Å². The number of amides is 4. The van der Waals surface area contributed by atoms with Crippen LogP contribution < -0.4 is 25.0 Å². The molecule has 0 bridgehead atoms. The number of rotatable bonds is 16. The van der Waals surface area contributed by atoms with E-state index in [1.165, 1.54) is 25.9 Å². The predicted octanol–water partition coefficient (Wildman–Crippen LogP) is 3.98. The van der Waals surface area contributed by atoms with Crippen LogP contribution in [-0.4, -0.2) is 72.1 Å². The average Bonchev–Trinajstić information content (AvgIpc) is 3.61. The van der Waals surface area contributed by atoms with Crippen molar-refractivity contribution in [1.82, 2.24) is 20.9 Å². The van der Waals surface area contributed by atoms with Crippen LogP contribution in [0.2, 0.25) is 0 Å². The molecule has 0 saturated carbocycles. The summed E-state index contributed by atoms with van der Waals surface area (Å²) in [4.78, 5) is 65.3. The molecule has 1 aliphatic rings. The lowest BCUT2D eigenvalue weighted by atomic mass is 10.1. The zero-order chi connectivity index (χ0) is 36.1. The normalized spacial score (nSPS) is 15.9. The number of likely N-dealkylation sites (tertiary alicyclic amines) is 1. The van der Waals surface area contributed by atoms with E-state index in [0.717, 1.165) is 5.56 Å². The second-order valence-corrected chi connectivity index (χ2v) is 13.9. The SMILES string of the molecule is COC(=O)CCC(=O)N[C@@H](C)C(=O)N[C@@H](C)C(=O)N1CCC[C@H]1C(=O)N[C@@H](Cc1ccccc1)P(=O)(Oc1ccccc1)Oc1ccccc1. The standard InChI is InChI=1S/C36H43N4O9P/c1-25(37-31(41)21-22-33(42)47-3)34(43)38-26(2)36(45)40-23-13-20-30(40)35(44)39-32(24-27-14-7-4-8-15-27)50(46,48-28-16-9-5-10-17-28)49-29-18-11-6-12-19-29/h4-12,14-19,25-26,30,32H,13,20-24H2,1-3H3,(H,37,41)(H,38,43)(H,39,44)/t25-,26-,30-,32+/m0/s1. The van der Waals surface area contributed by atoms with Crippen molar-refractivity contribution in [3.63, 3.8) is 0 Å². The van der Waals surface area contributed by atoms with Crippen molar-refractivity contribution < 1.29 is 42.3 Å². The average molecular weight is 707 g/mol. The molecule has 14 heteroatoms. The Hall–Kier alpha value is -5.16. The summed E-state index contributed by atoms with van der Waals surface area (Å²) < 4.78 is 31.5. The highest BCUT2D eigenvalue weighted by atomic mass is 31.2. The minimum Gasteiger partial charge on any atom is -0.469 e. The fraction of sp³-hybridized carbons (Fsp3) is 0.361. The van der Waals surface area contributed by atoms with E-state index in [1.54, 1.807) is 60.7 Å². The van der Waals surface area contributed by atoms with Crippen LogP contribution in [0.4, 0.5) is 0 Å². The molecule has 1 heterocycles. The van der Waals surface area contributed by atoms with Crippen LogP contribution in [0.5, 0.6) is 11.5 Å². The third-order valence-corrected chi connectivity index (χ3v) is 10.0. The lowest BCUT2D eigenvalue weighted by molar-refractivity contribution is -0.142. The van der Waals surface area contributed by atoms with Crippen molar-refractivity contribution >= 4 is 37.2 Å². The highest BCUT2D eigenvalue weighted by Gasteiger charge is 2.44. The quantitative estimate of drug-likeness (QED) is 0.147. The van der Waals surface area contributed by atoms with Crippen LogP contribution >= 0.6 is 7.60 Å². The Morgan fingerprint density at radius 3 is 1.90 bits per heavy atom. The summed E-state index contributed by atoms with van der Waals surface area (Å²) in [7, 11) is -2.99. The van der Waals surface area contributed by atoms with Gasteiger partial charge in [-0.05, 0) is 56.5 Å². The molecular weight excluding hydrogens is 663 g/mol. The Balaban J connectivity index is 1.50. The fourth-order valence-electron chi connectivity index (χ4n) is 5.39. The van der Waals surface area contributed by atoms with Crippen LogP contribution in [0.25, 0.3) is 0 Å². The molecule has 1 saturated heterocycles. The van der Waals surface area contributed by atoms with Gasteiger partial charge >= 0.3 is 13.6 Å². The fourth-order valence-corrected chi connectivity index (χ4v) is 7.23. The van der Waals surface area contributed by atoms with Gasteiger partial charge in [0.1, 0.15) is 29.6 Å². The van der Waals surface area contributed by atoms with Gasteiger partial charge in [-0.1, -0.05) is 66.7 Å². The van der Waals surface area contributed by atoms with Gasteiger partial charge in [-0.15, -0.1) is 0 Å². The maximum Gasteiger partial charge on any atom is 0.453 e. The number of carbonyl (C=O) groups excluding carboxylic acids is 5. The van der Waals surface area contributed by atoms with E-state index < -0.39 is 61.1 Å². The number of para-hydroxylation sites is 2. The Morgan fingerprint density at radius 1 is 0.780 bits per heavy atom. The van der Waals surface area contributed by atoms with Crippen molar-refractivity contribution in [3.05, 3.63) is 96.6 Å². The number of hydrogen-bond acceptors (Lipinski definition) is 9. The van der Waals surface area contributed by atoms with Crippen LogP contribution in [0.1, 0.15) is 45.1 Å². The Labute approximate surface area is 291 Å². The second-order valence-electron chi connectivity index (χ2n) is 11.8. The van der Waals surface area contributed by atoms with E-state index in [0.29, 0.717) is 12.8 Å². The Morgan fingerprint density at radius 2 is 1.34 bits per heavy atom. The molecule has 50 heavy (non-hydrogen) atoms. The number of nitrogens with one attached hydrogen (secondary N) is 3. The van der Waals surface area contributed by atoms with Gasteiger partial charge in [0.25, 0.3) is 0 Å². The van der Waals surface area contributed by atoms with E-state index in [1.807, 2.05) is 30.3 Å². The molecule has 0 unspecified atom stereocenters. The summed E-state index contributed by atoms with van der Waals surface area (Å²) in [5.41, 5.74) is 0.772. The molecule has 13 nitrogen and oxygen atoms in total. The molecule has 3 aromatic carbocycles. The first kappa shape index (κ1) is 37.7. The van der Waals surface area contributed by atoms with Gasteiger partial charge in [-0.2, -0.15) is 0 Å². The highest BCUT2D eigenvalue weighted by molar-refractivity contribution is 7.55. The minimum absolute atomic E-state index is 0.0971. The summed E-state index contributed by atoms with van der Waals surface area (Å²) in [6.07, 6.45) is 0.669. The molecule has 0 spiro atoms. The molecule has 0 aliphatic carbocycles. The molecule has 4 atom stereocenters. The summed E-state index contributed by atoms with van der Waals surface area (Å²) >= 11 is 0. The molecular formula is C36H43N4O9P. The largest absolute Gasteiger partial charge is 0.469 e. The van der Waals surface area contributed by atoms with Gasteiger partial charge in [0.2, 0.25) is 23.6 Å². The van der Waals surface area contributed by atoms with Crippen LogP contribution in [0, 0.1) is 0 Å². The van der Waals surface area contributed by atoms with E-state index in [2.05, 4.69) is 20.7 Å². The monoisotopic (exact) mass is 706 g/mol. The van der Waals surface area contributed by atoms with Gasteiger partial charge in [0, 0.05) is 19.4 Å². The smallest absolute Gasteiger partial charge is 0.453 e. The van der Waals surface area contributed by atoms with Crippen LogP contribution in [0.3, 0.4) is 0 Å². The molecule has 266 valence electrons. The van der Waals surface area contributed by atoms with Crippen LogP contribution in [0.15, 0.2) is 91.0 Å². The molecule has 1 fully saturated rings. The topological polar surface area (TPSA) is 169 Å². The first-order valence-corrected chi connectivity index (χ1v) is 18.0. The molecule has 0 radical (unpaired) electrons. The summed E-state index contributed by atoms with van der Waals surface area (Å²) in [6, 6.07) is 23.3. The lowest BCUT2D eigenvalue weighted by Gasteiger charge is -2.31. The van der Waals surface area contributed by atoms with E-state index in [9.17, 15) is 28.5 Å². The maximum absolute atomic E-state index is 14.8. The van der Waals surface area contributed by atoms with Crippen molar-refractivity contribution in [1.29, 1.82) is 0 Å². The lowest BCUT2D eigenvalue weighted by Crippen LogP contribution is -2.56. The second kappa shape index (κ2) is 18.0. The summed E-state index contributed by atoms with van der Waals surface area (Å²) in [5.74, 6) is -3.32. The first-order chi connectivity index (χ1) is 24.0. The molecule has 4 amide bonds. The number of nitrogens with zero attached hydrogens (tertiary/aromatic N) is 1. The third kappa shape index (κ3) is 10.7. The zero-order valence-electron chi connectivity index (χ0n) is 28.3.